The number of carbonyl (C=O) groups is 2. The van der Waals surface area contributed by atoms with Crippen LogP contribution in [0.15, 0.2) is 98.1 Å². The highest BCUT2D eigenvalue weighted by atomic mass is 79.9. The van der Waals surface area contributed by atoms with Gasteiger partial charge in [-0.05, 0) is 75.9 Å². The van der Waals surface area contributed by atoms with Gasteiger partial charge in [0.15, 0.2) is 17.7 Å². The fourth-order valence-electron chi connectivity index (χ4n) is 5.21. The van der Waals surface area contributed by atoms with Crippen LogP contribution in [0.1, 0.15) is 36.6 Å². The molecule has 1 heterocycles. The summed E-state index contributed by atoms with van der Waals surface area (Å²) in [6.45, 7) is 3.95. The molecule has 4 N–H and O–H groups in total. The van der Waals surface area contributed by atoms with Crippen molar-refractivity contribution in [2.45, 2.75) is 32.7 Å². The van der Waals surface area contributed by atoms with E-state index in [9.17, 15) is 14.7 Å². The van der Waals surface area contributed by atoms with Crippen molar-refractivity contribution in [1.29, 1.82) is 0 Å². The molecular weight excluding hydrogens is 748 g/mol. The van der Waals surface area contributed by atoms with Crippen molar-refractivity contribution in [3.05, 3.63) is 110 Å². The third kappa shape index (κ3) is 8.27. The van der Waals surface area contributed by atoms with Gasteiger partial charge in [-0.15, -0.1) is 0 Å². The first-order valence-electron chi connectivity index (χ1n) is 15.0. The second-order valence-corrected chi connectivity index (χ2v) is 12.4. The molecule has 4 aromatic rings. The van der Waals surface area contributed by atoms with E-state index in [1.165, 1.54) is 7.11 Å². The number of aliphatic hydroxyl groups excluding tert-OH is 1. The molecule has 2 atom stereocenters. The van der Waals surface area contributed by atoms with E-state index in [1.54, 1.807) is 31.3 Å². The van der Waals surface area contributed by atoms with E-state index in [4.69, 9.17) is 18.9 Å². The number of allylic oxidation sites excluding steroid dienone is 1. The highest BCUT2D eigenvalue weighted by Gasteiger charge is 2.32. The number of rotatable bonds is 13. The van der Waals surface area contributed by atoms with Crippen LogP contribution in [0.25, 0.3) is 10.8 Å². The Hall–Kier alpha value is -4.59. The maximum atomic E-state index is 12.5. The predicted octanol–water partition coefficient (Wildman–Crippen LogP) is 6.46. The number of halogens is 2. The first kappa shape index (κ1) is 34.7. The summed E-state index contributed by atoms with van der Waals surface area (Å²) in [5, 5.41) is 22.5. The van der Waals surface area contributed by atoms with E-state index >= 15 is 0 Å². The van der Waals surface area contributed by atoms with Crippen molar-refractivity contribution in [2.75, 3.05) is 20.3 Å². The smallest absolute Gasteiger partial charge is 0.337 e. The zero-order chi connectivity index (χ0) is 34.2. The monoisotopic (exact) mass is 780 g/mol. The van der Waals surface area contributed by atoms with E-state index in [0.717, 1.165) is 25.3 Å². The molecule has 0 bridgehead atoms. The van der Waals surface area contributed by atoms with Crippen LogP contribution in [0.2, 0.25) is 0 Å². The molecule has 250 valence electrons. The summed E-state index contributed by atoms with van der Waals surface area (Å²) in [7, 11) is 1.28. The van der Waals surface area contributed by atoms with Gasteiger partial charge in [0.1, 0.15) is 19.0 Å². The number of benzene rings is 4. The number of methoxy groups -OCH3 is 1. The molecule has 48 heavy (non-hydrogen) atoms. The Morgan fingerprint density at radius 1 is 1.04 bits per heavy atom. The largest absolute Gasteiger partial charge is 0.490 e. The van der Waals surface area contributed by atoms with Crippen molar-refractivity contribution in [2.24, 2.45) is 5.10 Å². The summed E-state index contributed by atoms with van der Waals surface area (Å²) in [5.74, 6) is 0.740. The summed E-state index contributed by atoms with van der Waals surface area (Å²) in [4.78, 5) is 24.7. The molecular formula is C35H34Br2N4O7. The SMILES string of the molecule is CCOc1cc([C@@H]2NC(=O)NC(C)=C2C(=O)OC)ccc1OC[C@H](O)N/N=C/c1cc(Br)cc(Br)c1OCc1cccc2ccccc12. The number of fused-ring (bicyclic) bond motifs is 1. The molecule has 0 saturated carbocycles. The third-order valence-electron chi connectivity index (χ3n) is 7.39. The van der Waals surface area contributed by atoms with Gasteiger partial charge in [0.05, 0.1) is 36.0 Å². The van der Waals surface area contributed by atoms with Crippen LogP contribution in [-0.4, -0.2) is 49.9 Å². The van der Waals surface area contributed by atoms with Crippen LogP contribution < -0.4 is 30.3 Å². The van der Waals surface area contributed by atoms with Crippen LogP contribution in [0.3, 0.4) is 0 Å². The molecule has 0 saturated heterocycles. The Labute approximate surface area is 294 Å². The van der Waals surface area contributed by atoms with Gasteiger partial charge in [0.2, 0.25) is 0 Å². The Kier molecular flexibility index (Phi) is 11.6. The first-order chi connectivity index (χ1) is 23.2. The van der Waals surface area contributed by atoms with Gasteiger partial charge < -0.3 is 34.7 Å². The predicted molar refractivity (Wildman–Crippen MR) is 189 cm³/mol. The van der Waals surface area contributed by atoms with Gasteiger partial charge >= 0.3 is 12.0 Å². The molecule has 1 aliphatic rings. The second-order valence-electron chi connectivity index (χ2n) is 10.6. The lowest BCUT2D eigenvalue weighted by molar-refractivity contribution is -0.136. The molecule has 1 aliphatic heterocycles. The number of nitrogens with one attached hydrogen (secondary N) is 3. The quantitative estimate of drug-likeness (QED) is 0.0525. The number of hydrogen-bond donors (Lipinski definition) is 4. The molecule has 4 aromatic carbocycles. The van der Waals surface area contributed by atoms with E-state index in [2.05, 4.69) is 71.2 Å². The van der Waals surface area contributed by atoms with Crippen molar-refractivity contribution in [3.8, 4) is 17.2 Å². The van der Waals surface area contributed by atoms with E-state index in [1.807, 2.05) is 43.3 Å². The highest BCUT2D eigenvalue weighted by Crippen LogP contribution is 2.35. The fourth-order valence-corrected chi connectivity index (χ4v) is 6.58. The van der Waals surface area contributed by atoms with Crippen LogP contribution in [0, 0.1) is 0 Å². The number of hydrazone groups is 1. The van der Waals surface area contributed by atoms with Crippen LogP contribution in [-0.2, 0) is 16.1 Å². The number of esters is 1. The Morgan fingerprint density at radius 3 is 2.62 bits per heavy atom. The van der Waals surface area contributed by atoms with Gasteiger partial charge in [0.25, 0.3) is 0 Å². The fraction of sp³-hybridized carbons (Fsp3) is 0.229. The standard InChI is InChI=1S/C35H34Br2N4O7/c1-4-46-29-15-22(32-31(34(43)45-3)20(2)39-35(44)40-32)12-13-28(29)47-19-30(42)41-38-17-24-14-25(36)16-27(37)33(24)48-18-23-10-7-9-21-8-5-6-11-26(21)23/h5-17,30,32,41-42H,4,18-19H2,1-3H3,(H2,39,40,44)/b38-17+/t30-,32-/m0/s1. The normalized spacial score (nSPS) is 15.1. The Balaban J connectivity index is 1.25. The average Bonchev–Trinajstić information content (AvgIpc) is 3.06. The third-order valence-corrected chi connectivity index (χ3v) is 8.44. The second kappa shape index (κ2) is 16.0. The molecule has 11 nitrogen and oxygen atoms in total. The van der Waals surface area contributed by atoms with Crippen molar-refractivity contribution >= 4 is 60.8 Å². The van der Waals surface area contributed by atoms with Crippen LogP contribution in [0.4, 0.5) is 4.79 Å². The van der Waals surface area contributed by atoms with Crippen molar-refractivity contribution in [1.82, 2.24) is 16.1 Å². The number of urea groups is 1. The van der Waals surface area contributed by atoms with Crippen molar-refractivity contribution in [3.63, 3.8) is 0 Å². The lowest BCUT2D eigenvalue weighted by atomic mass is 9.95. The summed E-state index contributed by atoms with van der Waals surface area (Å²) in [6.07, 6.45) is 0.380. The van der Waals surface area contributed by atoms with Gasteiger partial charge in [-0.1, -0.05) is 64.5 Å². The van der Waals surface area contributed by atoms with E-state index < -0.39 is 24.3 Å². The minimum absolute atomic E-state index is 0.167. The number of ether oxygens (including phenoxy) is 4. The number of hydrogen-bond acceptors (Lipinski definition) is 9. The zero-order valence-corrected chi connectivity index (χ0v) is 29.6. The summed E-state index contributed by atoms with van der Waals surface area (Å²) in [6, 6.07) is 21.8. The molecule has 0 radical (unpaired) electrons. The number of aliphatic hydroxyl groups is 1. The first-order valence-corrected chi connectivity index (χ1v) is 16.6. The lowest BCUT2D eigenvalue weighted by Gasteiger charge is -2.28. The average molecular weight is 782 g/mol. The molecule has 5 rings (SSSR count). The Morgan fingerprint density at radius 2 is 1.83 bits per heavy atom. The number of amides is 2. The molecule has 0 fully saturated rings. The van der Waals surface area contributed by atoms with Gasteiger partial charge in [0, 0.05) is 15.7 Å². The molecule has 2 amide bonds. The minimum atomic E-state index is -1.17. The number of carbonyl (C=O) groups excluding carboxylic acids is 2. The summed E-state index contributed by atoms with van der Waals surface area (Å²) in [5.41, 5.74) is 5.64. The summed E-state index contributed by atoms with van der Waals surface area (Å²) < 4.78 is 24.4. The summed E-state index contributed by atoms with van der Waals surface area (Å²) >= 11 is 7.11. The van der Waals surface area contributed by atoms with Crippen LogP contribution in [0.5, 0.6) is 17.2 Å². The van der Waals surface area contributed by atoms with E-state index in [-0.39, 0.29) is 12.2 Å². The van der Waals surface area contributed by atoms with Gasteiger partial charge in [-0.3, -0.25) is 5.43 Å². The maximum absolute atomic E-state index is 12.5. The molecule has 0 aromatic heterocycles. The minimum Gasteiger partial charge on any atom is -0.490 e. The Bertz CT molecular complexity index is 1880. The van der Waals surface area contributed by atoms with Gasteiger partial charge in [-0.2, -0.15) is 5.10 Å². The molecule has 0 unspecified atom stereocenters. The van der Waals surface area contributed by atoms with Crippen molar-refractivity contribution < 1.29 is 33.6 Å². The number of nitrogens with zero attached hydrogens (tertiary/aromatic N) is 1. The molecule has 0 spiro atoms. The van der Waals surface area contributed by atoms with Gasteiger partial charge in [-0.25, -0.2) is 9.59 Å². The zero-order valence-electron chi connectivity index (χ0n) is 26.4. The topological polar surface area (TPSA) is 140 Å². The highest BCUT2D eigenvalue weighted by molar-refractivity contribution is 9.11. The molecule has 13 heteroatoms. The van der Waals surface area contributed by atoms with Crippen LogP contribution >= 0.6 is 31.9 Å². The maximum Gasteiger partial charge on any atom is 0.337 e. The molecule has 0 aliphatic carbocycles. The van der Waals surface area contributed by atoms with E-state index in [0.29, 0.717) is 47.3 Å². The lowest BCUT2D eigenvalue weighted by Crippen LogP contribution is -2.45.